The molecule has 8 nitrogen and oxygen atoms in total. The van der Waals surface area contributed by atoms with E-state index in [9.17, 15) is 19.5 Å². The quantitative estimate of drug-likeness (QED) is 0.349. The molecule has 6 N–H and O–H groups in total. The molecule has 0 spiro atoms. The lowest BCUT2D eigenvalue weighted by Gasteiger charge is -2.24. The van der Waals surface area contributed by atoms with Gasteiger partial charge >= 0.3 is 5.97 Å². The summed E-state index contributed by atoms with van der Waals surface area (Å²) in [5.74, 6) is -1.97. The topological polar surface area (TPSA) is 142 Å². The second kappa shape index (κ2) is 9.59. The molecule has 2 amide bonds. The number of hydrogen-bond acceptors (Lipinski definition) is 6. The molecule has 9 heteroatoms. The van der Waals surface area contributed by atoms with Gasteiger partial charge in [0.25, 0.3) is 0 Å². The Bertz CT molecular complexity index is 376. The van der Waals surface area contributed by atoms with E-state index in [1.807, 2.05) is 6.26 Å². The maximum atomic E-state index is 12.0. The minimum absolute atomic E-state index is 0.246. The summed E-state index contributed by atoms with van der Waals surface area (Å²) in [7, 11) is 0. The van der Waals surface area contributed by atoms with Gasteiger partial charge in [-0.3, -0.25) is 9.59 Å². The molecule has 0 rings (SSSR count). The minimum atomic E-state index is -1.25. The third-order valence-corrected chi connectivity index (χ3v) is 3.35. The van der Waals surface area contributed by atoms with Crippen molar-refractivity contribution in [2.75, 3.05) is 12.0 Å². The molecule has 0 saturated carbocycles. The Balaban J connectivity index is 4.79. The van der Waals surface area contributed by atoms with E-state index in [4.69, 9.17) is 10.8 Å². The summed E-state index contributed by atoms with van der Waals surface area (Å²) in [6.07, 6.45) is 0.890. The van der Waals surface area contributed by atoms with Crippen LogP contribution in [-0.2, 0) is 14.4 Å². The van der Waals surface area contributed by atoms with Crippen LogP contribution in [0.4, 0.5) is 0 Å². The molecular weight excluding hydrogens is 298 g/mol. The molecule has 0 bridgehead atoms. The molecule has 0 saturated heterocycles. The van der Waals surface area contributed by atoms with Gasteiger partial charge in [-0.05, 0) is 32.3 Å². The number of rotatable bonds is 9. The first-order chi connectivity index (χ1) is 9.70. The van der Waals surface area contributed by atoms with Crippen molar-refractivity contribution in [3.05, 3.63) is 0 Å². The maximum absolute atomic E-state index is 12.0. The average Bonchev–Trinajstić information content (AvgIpc) is 2.39. The van der Waals surface area contributed by atoms with Gasteiger partial charge in [-0.25, -0.2) is 4.79 Å². The van der Waals surface area contributed by atoms with Crippen molar-refractivity contribution < 1.29 is 24.6 Å². The molecule has 0 aliphatic heterocycles. The van der Waals surface area contributed by atoms with Crippen LogP contribution >= 0.6 is 11.8 Å². The Labute approximate surface area is 127 Å². The SMILES string of the molecule is CSCC[C@H](NC(=O)[C@@H](NC(=O)[C@H](C)N)[C@@H](C)O)C(=O)O. The fourth-order valence-electron chi connectivity index (χ4n) is 1.44. The summed E-state index contributed by atoms with van der Waals surface area (Å²) in [5, 5.41) is 23.2. The highest BCUT2D eigenvalue weighted by molar-refractivity contribution is 7.98. The van der Waals surface area contributed by atoms with Crippen LogP contribution in [0.3, 0.4) is 0 Å². The minimum Gasteiger partial charge on any atom is -0.480 e. The number of thioether (sulfide) groups is 1. The van der Waals surface area contributed by atoms with E-state index in [0.717, 1.165) is 0 Å². The van der Waals surface area contributed by atoms with E-state index < -0.39 is 42.0 Å². The zero-order valence-electron chi connectivity index (χ0n) is 12.3. The molecule has 0 aromatic carbocycles. The number of carboxylic acid groups (broad SMARTS) is 1. The van der Waals surface area contributed by atoms with Crippen molar-refractivity contribution in [1.82, 2.24) is 10.6 Å². The Morgan fingerprint density at radius 2 is 1.76 bits per heavy atom. The van der Waals surface area contributed by atoms with Gasteiger partial charge in [-0.15, -0.1) is 0 Å². The largest absolute Gasteiger partial charge is 0.480 e. The molecular formula is C12H23N3O5S. The Hall–Kier alpha value is -1.32. The standard InChI is InChI=1S/C12H23N3O5S/c1-6(13)10(17)15-9(7(2)16)11(18)14-8(12(19)20)4-5-21-3/h6-9,16H,4-5,13H2,1-3H3,(H,14,18)(H,15,17)(H,19,20)/t6-,7+,8-,9-/m0/s1. The van der Waals surface area contributed by atoms with Crippen LogP contribution in [0.2, 0.25) is 0 Å². The van der Waals surface area contributed by atoms with Gasteiger partial charge in [0.15, 0.2) is 0 Å². The number of amides is 2. The van der Waals surface area contributed by atoms with Crippen molar-refractivity contribution in [2.24, 2.45) is 5.73 Å². The van der Waals surface area contributed by atoms with Gasteiger partial charge in [0.05, 0.1) is 12.1 Å². The summed E-state index contributed by atoms with van der Waals surface area (Å²) in [4.78, 5) is 34.6. The summed E-state index contributed by atoms with van der Waals surface area (Å²) >= 11 is 1.45. The number of aliphatic hydroxyl groups is 1. The van der Waals surface area contributed by atoms with E-state index in [1.165, 1.54) is 25.6 Å². The first kappa shape index (κ1) is 19.7. The monoisotopic (exact) mass is 321 g/mol. The summed E-state index contributed by atoms with van der Waals surface area (Å²) in [6, 6.07) is -3.16. The number of aliphatic hydroxyl groups excluding tert-OH is 1. The van der Waals surface area contributed by atoms with Gasteiger partial charge in [0.1, 0.15) is 12.1 Å². The number of hydrogen-bond donors (Lipinski definition) is 5. The molecule has 0 heterocycles. The predicted molar refractivity (Wildman–Crippen MR) is 79.8 cm³/mol. The molecule has 0 fully saturated rings. The van der Waals surface area contributed by atoms with E-state index in [0.29, 0.717) is 5.75 Å². The number of carboxylic acids is 1. The molecule has 0 aliphatic carbocycles. The first-order valence-electron chi connectivity index (χ1n) is 6.46. The van der Waals surface area contributed by atoms with Crippen LogP contribution in [0.5, 0.6) is 0 Å². The normalized spacial score (nSPS) is 16.4. The second-order valence-corrected chi connectivity index (χ2v) is 5.68. The van der Waals surface area contributed by atoms with Crippen LogP contribution < -0.4 is 16.4 Å². The van der Waals surface area contributed by atoms with Crippen LogP contribution in [0.1, 0.15) is 20.3 Å². The van der Waals surface area contributed by atoms with Crippen molar-refractivity contribution in [3.63, 3.8) is 0 Å². The zero-order chi connectivity index (χ0) is 16.6. The number of aliphatic carboxylic acids is 1. The summed E-state index contributed by atoms with van der Waals surface area (Å²) in [5.41, 5.74) is 5.38. The average molecular weight is 321 g/mol. The fraction of sp³-hybridized carbons (Fsp3) is 0.750. The molecule has 0 aromatic heterocycles. The van der Waals surface area contributed by atoms with E-state index >= 15 is 0 Å². The second-order valence-electron chi connectivity index (χ2n) is 4.70. The number of nitrogens with two attached hydrogens (primary N) is 1. The van der Waals surface area contributed by atoms with Crippen LogP contribution in [0, 0.1) is 0 Å². The molecule has 0 aromatic rings. The molecule has 0 unspecified atom stereocenters. The molecule has 122 valence electrons. The van der Waals surface area contributed by atoms with Crippen molar-refractivity contribution in [1.29, 1.82) is 0 Å². The predicted octanol–water partition coefficient (Wildman–Crippen LogP) is -1.48. The van der Waals surface area contributed by atoms with Crippen LogP contribution in [-0.4, -0.2) is 64.2 Å². The van der Waals surface area contributed by atoms with Crippen molar-refractivity contribution >= 4 is 29.5 Å². The molecule has 0 radical (unpaired) electrons. The highest BCUT2D eigenvalue weighted by Crippen LogP contribution is 2.03. The number of carbonyl (C=O) groups excluding carboxylic acids is 2. The Morgan fingerprint density at radius 3 is 2.14 bits per heavy atom. The lowest BCUT2D eigenvalue weighted by molar-refractivity contribution is -0.143. The molecule has 4 atom stereocenters. The van der Waals surface area contributed by atoms with E-state index in [2.05, 4.69) is 10.6 Å². The van der Waals surface area contributed by atoms with Gasteiger partial charge in [0.2, 0.25) is 11.8 Å². The van der Waals surface area contributed by atoms with Crippen molar-refractivity contribution in [3.8, 4) is 0 Å². The van der Waals surface area contributed by atoms with Gasteiger partial charge in [-0.2, -0.15) is 11.8 Å². The lowest BCUT2D eigenvalue weighted by Crippen LogP contribution is -2.57. The Morgan fingerprint density at radius 1 is 1.19 bits per heavy atom. The Kier molecular flexibility index (Phi) is 8.98. The highest BCUT2D eigenvalue weighted by atomic mass is 32.2. The van der Waals surface area contributed by atoms with Gasteiger partial charge in [-0.1, -0.05) is 0 Å². The van der Waals surface area contributed by atoms with Gasteiger partial charge < -0.3 is 26.6 Å². The zero-order valence-corrected chi connectivity index (χ0v) is 13.1. The lowest BCUT2D eigenvalue weighted by atomic mass is 10.1. The number of nitrogens with one attached hydrogen (secondary N) is 2. The van der Waals surface area contributed by atoms with E-state index in [1.54, 1.807) is 0 Å². The van der Waals surface area contributed by atoms with E-state index in [-0.39, 0.29) is 6.42 Å². The summed E-state index contributed by atoms with van der Waals surface area (Å²) < 4.78 is 0. The molecule has 0 aliphatic rings. The van der Waals surface area contributed by atoms with Crippen LogP contribution in [0.25, 0.3) is 0 Å². The maximum Gasteiger partial charge on any atom is 0.326 e. The third-order valence-electron chi connectivity index (χ3n) is 2.70. The number of carbonyl (C=O) groups is 3. The van der Waals surface area contributed by atoms with Gasteiger partial charge in [0, 0.05) is 0 Å². The first-order valence-corrected chi connectivity index (χ1v) is 7.86. The highest BCUT2D eigenvalue weighted by Gasteiger charge is 2.29. The van der Waals surface area contributed by atoms with Crippen LogP contribution in [0.15, 0.2) is 0 Å². The smallest absolute Gasteiger partial charge is 0.326 e. The fourth-order valence-corrected chi connectivity index (χ4v) is 1.92. The molecule has 21 heavy (non-hydrogen) atoms. The summed E-state index contributed by atoms with van der Waals surface area (Å²) in [6.45, 7) is 2.76. The van der Waals surface area contributed by atoms with Crippen molar-refractivity contribution in [2.45, 2.75) is 44.5 Å². The third kappa shape index (κ3) is 7.30.